The van der Waals surface area contributed by atoms with Crippen molar-refractivity contribution in [3.05, 3.63) is 35.9 Å². The van der Waals surface area contributed by atoms with Gasteiger partial charge in [0.1, 0.15) is 5.71 Å². The quantitative estimate of drug-likeness (QED) is 0.815. The van der Waals surface area contributed by atoms with Crippen molar-refractivity contribution < 1.29 is 19.1 Å². The molecule has 2 amide bonds. The number of carbonyl (C=O) groups is 3. The molecule has 1 aromatic carbocycles. The summed E-state index contributed by atoms with van der Waals surface area (Å²) in [6.07, 6.45) is -0.567. The number of hydrogen-bond donors (Lipinski definition) is 1. The molecule has 0 radical (unpaired) electrons. The average molecular weight is 359 g/mol. The molecule has 0 aliphatic carbocycles. The minimum absolute atomic E-state index is 0.120. The number of benzene rings is 1. The number of nitrogens with zero attached hydrogens (tertiary/aromatic N) is 2. The maximum atomic E-state index is 12.9. The van der Waals surface area contributed by atoms with E-state index in [-0.39, 0.29) is 30.4 Å². The van der Waals surface area contributed by atoms with Gasteiger partial charge in [-0.1, -0.05) is 30.3 Å². The molecule has 0 unspecified atom stereocenters. The third kappa shape index (κ3) is 5.15. The molecule has 0 aromatic heterocycles. The molecular weight excluding hydrogens is 334 g/mol. The molecule has 7 heteroatoms. The number of rotatable bonds is 5. The summed E-state index contributed by atoms with van der Waals surface area (Å²) in [6.45, 7) is 7.77. The number of nitrogens with one attached hydrogen (secondary N) is 1. The fraction of sp³-hybridized carbons (Fsp3) is 0.474. The molecule has 1 atom stereocenters. The van der Waals surface area contributed by atoms with Gasteiger partial charge in [0, 0.05) is 24.9 Å². The van der Waals surface area contributed by atoms with Crippen molar-refractivity contribution in [2.75, 3.05) is 0 Å². The predicted molar refractivity (Wildman–Crippen MR) is 97.1 cm³/mol. The Labute approximate surface area is 153 Å². The van der Waals surface area contributed by atoms with E-state index < -0.39 is 17.6 Å². The van der Waals surface area contributed by atoms with Gasteiger partial charge in [-0.15, -0.1) is 0 Å². The second kappa shape index (κ2) is 8.12. The summed E-state index contributed by atoms with van der Waals surface area (Å²) in [6, 6.07) is 9.64. The summed E-state index contributed by atoms with van der Waals surface area (Å²) in [7, 11) is 0. The van der Waals surface area contributed by atoms with Gasteiger partial charge in [0.25, 0.3) is 5.91 Å². The van der Waals surface area contributed by atoms with Crippen LogP contribution in [0, 0.1) is 0 Å². The Morgan fingerprint density at radius 2 is 1.88 bits per heavy atom. The van der Waals surface area contributed by atoms with Gasteiger partial charge in [-0.2, -0.15) is 5.10 Å². The first-order chi connectivity index (χ1) is 12.2. The van der Waals surface area contributed by atoms with E-state index in [1.54, 1.807) is 11.8 Å². The number of hydrazone groups is 1. The summed E-state index contributed by atoms with van der Waals surface area (Å²) in [5.41, 5.74) is 2.92. The summed E-state index contributed by atoms with van der Waals surface area (Å²) in [5.74, 6) is -1.21. The summed E-state index contributed by atoms with van der Waals surface area (Å²) in [5, 5.41) is 3.70. The molecule has 0 spiro atoms. The Morgan fingerprint density at radius 1 is 1.23 bits per heavy atom. The van der Waals surface area contributed by atoms with Gasteiger partial charge in [-0.3, -0.25) is 9.59 Å². The van der Waals surface area contributed by atoms with Crippen molar-refractivity contribution in [1.29, 1.82) is 0 Å². The van der Waals surface area contributed by atoms with Crippen LogP contribution in [-0.2, 0) is 25.7 Å². The smallest absolute Gasteiger partial charge is 0.355 e. The lowest BCUT2D eigenvalue weighted by molar-refractivity contribution is -0.157. The van der Waals surface area contributed by atoms with E-state index in [0.29, 0.717) is 6.54 Å². The highest BCUT2D eigenvalue weighted by molar-refractivity contribution is 6.37. The van der Waals surface area contributed by atoms with Crippen molar-refractivity contribution in [1.82, 2.24) is 10.3 Å². The Morgan fingerprint density at radius 3 is 2.42 bits per heavy atom. The van der Waals surface area contributed by atoms with E-state index >= 15 is 0 Å². The predicted octanol–water partition coefficient (Wildman–Crippen LogP) is 2.01. The Hall–Kier alpha value is -2.70. The van der Waals surface area contributed by atoms with E-state index in [0.717, 1.165) is 5.56 Å². The maximum Gasteiger partial charge on any atom is 0.355 e. The molecule has 0 saturated heterocycles. The van der Waals surface area contributed by atoms with Crippen molar-refractivity contribution in [2.24, 2.45) is 5.10 Å². The van der Waals surface area contributed by atoms with Gasteiger partial charge in [-0.25, -0.2) is 10.2 Å². The van der Waals surface area contributed by atoms with Crippen molar-refractivity contribution in [2.45, 2.75) is 58.7 Å². The van der Waals surface area contributed by atoms with Crippen molar-refractivity contribution >= 4 is 23.5 Å². The molecule has 26 heavy (non-hydrogen) atoms. The Kier molecular flexibility index (Phi) is 6.13. The second-order valence-electron chi connectivity index (χ2n) is 7.22. The zero-order chi connectivity index (χ0) is 19.3. The van der Waals surface area contributed by atoms with Crippen LogP contribution in [0.5, 0.6) is 0 Å². The summed E-state index contributed by atoms with van der Waals surface area (Å²) < 4.78 is 5.29. The first-order valence-corrected chi connectivity index (χ1v) is 8.60. The van der Waals surface area contributed by atoms with E-state index in [2.05, 4.69) is 10.5 Å². The molecule has 1 aromatic rings. The first-order valence-electron chi connectivity index (χ1n) is 8.60. The highest BCUT2D eigenvalue weighted by Gasteiger charge is 2.32. The lowest BCUT2D eigenvalue weighted by Gasteiger charge is -2.37. The molecule has 1 aliphatic heterocycles. The Bertz CT molecular complexity index is 707. The third-order valence-electron chi connectivity index (χ3n) is 4.03. The highest BCUT2D eigenvalue weighted by Crippen LogP contribution is 2.20. The van der Waals surface area contributed by atoms with Crippen LogP contribution in [0.3, 0.4) is 0 Å². The van der Waals surface area contributed by atoms with Crippen LogP contribution in [0.1, 0.15) is 46.1 Å². The standard InChI is InChI=1S/C19H25N3O4/c1-13(26-18(25)15-10-11-16(23)21-20-15)17(24)22(19(2,3)4)12-14-8-6-5-7-9-14/h5-9,13H,10-12H2,1-4H3,(H,21,23)/t13-/m0/s1. The SMILES string of the molecule is C[C@H](OC(=O)C1=NNC(=O)CC1)C(=O)N(Cc1ccccc1)C(C)(C)C. The molecule has 0 fully saturated rings. The highest BCUT2D eigenvalue weighted by atomic mass is 16.5. The minimum Gasteiger partial charge on any atom is -0.448 e. The minimum atomic E-state index is -0.953. The molecule has 1 aliphatic rings. The molecule has 7 nitrogen and oxygen atoms in total. The number of carbonyl (C=O) groups excluding carboxylic acids is 3. The summed E-state index contributed by atoms with van der Waals surface area (Å²) in [4.78, 5) is 37.9. The number of esters is 1. The van der Waals surface area contributed by atoms with Crippen LogP contribution in [0.4, 0.5) is 0 Å². The van der Waals surface area contributed by atoms with E-state index in [9.17, 15) is 14.4 Å². The summed E-state index contributed by atoms with van der Waals surface area (Å²) >= 11 is 0. The van der Waals surface area contributed by atoms with Gasteiger partial charge < -0.3 is 9.64 Å². The molecule has 0 saturated carbocycles. The lowest BCUT2D eigenvalue weighted by Crippen LogP contribution is -2.50. The van der Waals surface area contributed by atoms with Gasteiger partial charge in [0.05, 0.1) is 0 Å². The monoisotopic (exact) mass is 359 g/mol. The van der Waals surface area contributed by atoms with Crippen LogP contribution in [-0.4, -0.2) is 40.0 Å². The second-order valence-corrected chi connectivity index (χ2v) is 7.22. The van der Waals surface area contributed by atoms with Gasteiger partial charge >= 0.3 is 5.97 Å². The number of hydrogen-bond acceptors (Lipinski definition) is 5. The van der Waals surface area contributed by atoms with Gasteiger partial charge in [0.2, 0.25) is 5.91 Å². The van der Waals surface area contributed by atoms with E-state index in [4.69, 9.17) is 4.74 Å². The van der Waals surface area contributed by atoms with Crippen LogP contribution >= 0.6 is 0 Å². The molecule has 2 rings (SSSR count). The lowest BCUT2D eigenvalue weighted by atomic mass is 10.0. The Balaban J connectivity index is 2.07. The van der Waals surface area contributed by atoms with Gasteiger partial charge in [-0.05, 0) is 33.3 Å². The fourth-order valence-electron chi connectivity index (χ4n) is 2.53. The first kappa shape index (κ1) is 19.6. The zero-order valence-corrected chi connectivity index (χ0v) is 15.6. The van der Waals surface area contributed by atoms with Crippen LogP contribution in [0.2, 0.25) is 0 Å². The van der Waals surface area contributed by atoms with E-state index in [1.807, 2.05) is 51.1 Å². The van der Waals surface area contributed by atoms with Crippen molar-refractivity contribution in [3.8, 4) is 0 Å². The molecule has 0 bridgehead atoms. The van der Waals surface area contributed by atoms with Crippen LogP contribution < -0.4 is 5.43 Å². The third-order valence-corrected chi connectivity index (χ3v) is 4.03. The number of ether oxygens (including phenoxy) is 1. The van der Waals surface area contributed by atoms with Crippen LogP contribution in [0.25, 0.3) is 0 Å². The number of amides is 2. The fourth-order valence-corrected chi connectivity index (χ4v) is 2.53. The molecule has 1 N–H and O–H groups in total. The van der Waals surface area contributed by atoms with Gasteiger partial charge in [0.15, 0.2) is 6.10 Å². The molecular formula is C19H25N3O4. The van der Waals surface area contributed by atoms with Crippen LogP contribution in [0.15, 0.2) is 35.4 Å². The largest absolute Gasteiger partial charge is 0.448 e. The maximum absolute atomic E-state index is 12.9. The van der Waals surface area contributed by atoms with E-state index in [1.165, 1.54) is 0 Å². The zero-order valence-electron chi connectivity index (χ0n) is 15.6. The van der Waals surface area contributed by atoms with Crippen molar-refractivity contribution in [3.63, 3.8) is 0 Å². The average Bonchev–Trinajstić information content (AvgIpc) is 2.59. The topological polar surface area (TPSA) is 88.1 Å². The molecule has 1 heterocycles. The normalized spacial score (nSPS) is 15.5. The molecule has 140 valence electrons.